The van der Waals surface area contributed by atoms with Crippen LogP contribution in [0.3, 0.4) is 0 Å². The summed E-state index contributed by atoms with van der Waals surface area (Å²) in [6, 6.07) is 5.83. The quantitative estimate of drug-likeness (QED) is 0.799. The summed E-state index contributed by atoms with van der Waals surface area (Å²) in [4.78, 5) is 0. The van der Waals surface area contributed by atoms with Gasteiger partial charge in [-0.2, -0.15) is 0 Å². The molecule has 1 aromatic carbocycles. The minimum absolute atomic E-state index is 0.239. The van der Waals surface area contributed by atoms with Crippen molar-refractivity contribution in [1.29, 1.82) is 0 Å². The maximum Gasteiger partial charge on any atom is 0.160 e. The van der Waals surface area contributed by atoms with Gasteiger partial charge in [0.25, 0.3) is 0 Å². The van der Waals surface area contributed by atoms with Gasteiger partial charge < -0.3 is 15.6 Å². The number of para-hydroxylation sites is 1. The zero-order chi connectivity index (χ0) is 12.8. The van der Waals surface area contributed by atoms with Gasteiger partial charge in [0.2, 0.25) is 0 Å². The minimum atomic E-state index is 0.239. The summed E-state index contributed by atoms with van der Waals surface area (Å²) in [5.74, 6) is 1.30. The predicted molar refractivity (Wildman–Crippen MR) is 70.4 cm³/mol. The topological polar surface area (TPSA) is 55.5 Å². The molecule has 1 aromatic rings. The van der Waals surface area contributed by atoms with E-state index in [0.29, 0.717) is 11.7 Å². The lowest BCUT2D eigenvalue weighted by molar-refractivity contribution is 0.369. The lowest BCUT2D eigenvalue weighted by Gasteiger charge is -2.15. The molecule has 3 heteroatoms. The molecule has 3 nitrogen and oxygen atoms in total. The standard InChI is InChI=1S/C14H23NO2/c1-10(2)12(15)8-4-6-11-7-5-9-13(17-3)14(11)16/h5,7,9-10,12,16H,4,6,8,15H2,1-3H3. The van der Waals surface area contributed by atoms with Crippen LogP contribution in [0.2, 0.25) is 0 Å². The molecule has 1 unspecified atom stereocenters. The van der Waals surface area contributed by atoms with Gasteiger partial charge >= 0.3 is 0 Å². The summed E-state index contributed by atoms with van der Waals surface area (Å²) >= 11 is 0. The van der Waals surface area contributed by atoms with Crippen molar-refractivity contribution in [3.63, 3.8) is 0 Å². The van der Waals surface area contributed by atoms with E-state index in [9.17, 15) is 5.11 Å². The fraction of sp³-hybridized carbons (Fsp3) is 0.571. The van der Waals surface area contributed by atoms with Crippen LogP contribution in [-0.4, -0.2) is 18.3 Å². The summed E-state index contributed by atoms with van der Waals surface area (Å²) in [5, 5.41) is 9.91. The number of aryl methyl sites for hydroxylation is 1. The zero-order valence-corrected chi connectivity index (χ0v) is 10.9. The van der Waals surface area contributed by atoms with Gasteiger partial charge in [0.15, 0.2) is 11.5 Å². The van der Waals surface area contributed by atoms with Gasteiger partial charge in [0.05, 0.1) is 7.11 Å². The molecule has 96 valence electrons. The number of phenolic OH excluding ortho intramolecular Hbond substituents is 1. The molecule has 0 radical (unpaired) electrons. The first-order valence-corrected chi connectivity index (χ1v) is 6.16. The Balaban J connectivity index is 2.52. The van der Waals surface area contributed by atoms with Crippen LogP contribution in [0.15, 0.2) is 18.2 Å². The van der Waals surface area contributed by atoms with Gasteiger partial charge in [0.1, 0.15) is 0 Å². The van der Waals surface area contributed by atoms with Crippen LogP contribution >= 0.6 is 0 Å². The number of ether oxygens (including phenoxy) is 1. The van der Waals surface area contributed by atoms with Gasteiger partial charge in [-0.15, -0.1) is 0 Å². The monoisotopic (exact) mass is 237 g/mol. The van der Waals surface area contributed by atoms with E-state index in [4.69, 9.17) is 10.5 Å². The number of hydrogen-bond donors (Lipinski definition) is 2. The van der Waals surface area contributed by atoms with Crippen molar-refractivity contribution >= 4 is 0 Å². The number of rotatable bonds is 6. The maximum atomic E-state index is 9.91. The van der Waals surface area contributed by atoms with Crippen molar-refractivity contribution in [3.8, 4) is 11.5 Å². The molecule has 0 aliphatic heterocycles. The highest BCUT2D eigenvalue weighted by molar-refractivity contribution is 5.45. The number of hydrogen-bond acceptors (Lipinski definition) is 3. The lowest BCUT2D eigenvalue weighted by atomic mass is 9.97. The number of methoxy groups -OCH3 is 1. The molecule has 3 N–H and O–H groups in total. The first-order valence-electron chi connectivity index (χ1n) is 6.16. The molecule has 0 spiro atoms. The van der Waals surface area contributed by atoms with Crippen LogP contribution in [0.25, 0.3) is 0 Å². The fourth-order valence-electron chi connectivity index (χ4n) is 1.80. The number of benzene rings is 1. The highest BCUT2D eigenvalue weighted by Gasteiger charge is 2.10. The summed E-state index contributed by atoms with van der Waals surface area (Å²) in [7, 11) is 1.56. The van der Waals surface area contributed by atoms with E-state index in [1.54, 1.807) is 13.2 Å². The molecule has 0 saturated heterocycles. The van der Waals surface area contributed by atoms with Crippen LogP contribution in [0.4, 0.5) is 0 Å². The Labute approximate surface area is 104 Å². The Morgan fingerprint density at radius 3 is 2.65 bits per heavy atom. The molecule has 1 rings (SSSR count). The molecule has 0 aliphatic carbocycles. The Bertz CT molecular complexity index is 350. The van der Waals surface area contributed by atoms with Crippen molar-refractivity contribution in [2.75, 3.05) is 7.11 Å². The first kappa shape index (κ1) is 13.8. The van der Waals surface area contributed by atoms with Crippen molar-refractivity contribution in [3.05, 3.63) is 23.8 Å². The van der Waals surface area contributed by atoms with Gasteiger partial charge in [-0.3, -0.25) is 0 Å². The molecule has 0 aromatic heterocycles. The van der Waals surface area contributed by atoms with Gasteiger partial charge in [0, 0.05) is 6.04 Å². The molecule has 0 aliphatic rings. The molecule has 0 saturated carbocycles. The Morgan fingerprint density at radius 1 is 1.35 bits per heavy atom. The molecule has 0 bridgehead atoms. The van der Waals surface area contributed by atoms with E-state index in [1.165, 1.54) is 0 Å². The summed E-state index contributed by atoms with van der Waals surface area (Å²) in [6.45, 7) is 4.27. The van der Waals surface area contributed by atoms with Crippen LogP contribution < -0.4 is 10.5 Å². The van der Waals surface area contributed by atoms with E-state index in [0.717, 1.165) is 24.8 Å². The van der Waals surface area contributed by atoms with Crippen molar-refractivity contribution in [2.45, 2.75) is 39.2 Å². The highest BCUT2D eigenvalue weighted by Crippen LogP contribution is 2.30. The minimum Gasteiger partial charge on any atom is -0.504 e. The van der Waals surface area contributed by atoms with Gasteiger partial charge in [-0.1, -0.05) is 26.0 Å². The molecule has 0 amide bonds. The zero-order valence-electron chi connectivity index (χ0n) is 10.9. The number of nitrogens with two attached hydrogens (primary N) is 1. The second kappa shape index (κ2) is 6.50. The van der Waals surface area contributed by atoms with E-state index in [2.05, 4.69) is 13.8 Å². The lowest BCUT2D eigenvalue weighted by Crippen LogP contribution is -2.26. The Morgan fingerprint density at radius 2 is 2.06 bits per heavy atom. The van der Waals surface area contributed by atoms with Crippen LogP contribution in [0.5, 0.6) is 11.5 Å². The summed E-state index contributed by atoms with van der Waals surface area (Å²) < 4.78 is 5.08. The number of aromatic hydroxyl groups is 1. The fourth-order valence-corrected chi connectivity index (χ4v) is 1.80. The third kappa shape index (κ3) is 3.93. The predicted octanol–water partition coefficient (Wildman–Crippen LogP) is 2.71. The van der Waals surface area contributed by atoms with Gasteiger partial charge in [-0.25, -0.2) is 0 Å². The summed E-state index contributed by atoms with van der Waals surface area (Å²) in [6.07, 6.45) is 2.80. The average molecular weight is 237 g/mol. The largest absolute Gasteiger partial charge is 0.504 e. The molecular formula is C14H23NO2. The highest BCUT2D eigenvalue weighted by atomic mass is 16.5. The first-order chi connectivity index (χ1) is 8.06. The third-order valence-corrected chi connectivity index (χ3v) is 3.14. The average Bonchev–Trinajstić information content (AvgIpc) is 2.31. The Hall–Kier alpha value is -1.22. The normalized spacial score (nSPS) is 12.8. The van der Waals surface area contributed by atoms with E-state index in [-0.39, 0.29) is 11.8 Å². The van der Waals surface area contributed by atoms with Crippen LogP contribution in [0.1, 0.15) is 32.3 Å². The summed E-state index contributed by atoms with van der Waals surface area (Å²) in [5.41, 5.74) is 6.92. The number of phenols is 1. The van der Waals surface area contributed by atoms with E-state index >= 15 is 0 Å². The van der Waals surface area contributed by atoms with Crippen LogP contribution in [-0.2, 0) is 6.42 Å². The Kier molecular flexibility index (Phi) is 5.29. The van der Waals surface area contributed by atoms with Crippen molar-refractivity contribution in [1.82, 2.24) is 0 Å². The second-order valence-electron chi connectivity index (χ2n) is 4.77. The van der Waals surface area contributed by atoms with Crippen LogP contribution in [0, 0.1) is 5.92 Å². The molecule has 0 heterocycles. The maximum absolute atomic E-state index is 9.91. The second-order valence-corrected chi connectivity index (χ2v) is 4.77. The van der Waals surface area contributed by atoms with E-state index in [1.807, 2.05) is 12.1 Å². The molecule has 1 atom stereocenters. The molecule has 17 heavy (non-hydrogen) atoms. The van der Waals surface area contributed by atoms with E-state index < -0.39 is 0 Å². The smallest absolute Gasteiger partial charge is 0.160 e. The molecular weight excluding hydrogens is 214 g/mol. The SMILES string of the molecule is COc1cccc(CCCC(N)C(C)C)c1O. The van der Waals surface area contributed by atoms with Crippen molar-refractivity contribution in [2.24, 2.45) is 11.7 Å². The molecule has 0 fully saturated rings. The third-order valence-electron chi connectivity index (χ3n) is 3.14. The van der Waals surface area contributed by atoms with Crippen molar-refractivity contribution < 1.29 is 9.84 Å². The van der Waals surface area contributed by atoms with Gasteiger partial charge in [-0.05, 0) is 36.8 Å².